The zero-order valence-electron chi connectivity index (χ0n) is 18.7. The molecule has 2 amide bonds. The van der Waals surface area contributed by atoms with Crippen LogP contribution >= 0.6 is 11.3 Å². The minimum atomic E-state index is -0.123. The first-order valence-corrected chi connectivity index (χ1v) is 12.0. The van der Waals surface area contributed by atoms with Crippen LogP contribution in [0.5, 0.6) is 0 Å². The highest BCUT2D eigenvalue weighted by atomic mass is 32.1. The van der Waals surface area contributed by atoms with Gasteiger partial charge in [0.1, 0.15) is 0 Å². The lowest BCUT2D eigenvalue weighted by Gasteiger charge is -2.33. The highest BCUT2D eigenvalue weighted by Crippen LogP contribution is 2.29. The fourth-order valence-electron chi connectivity index (χ4n) is 4.03. The van der Waals surface area contributed by atoms with Gasteiger partial charge in [-0.15, -0.1) is 11.3 Å². The number of anilines is 2. The van der Waals surface area contributed by atoms with Gasteiger partial charge in [0, 0.05) is 37.5 Å². The summed E-state index contributed by atoms with van der Waals surface area (Å²) in [6.07, 6.45) is 5.27. The van der Waals surface area contributed by atoms with Crippen LogP contribution in [0, 0.1) is 0 Å². The summed E-state index contributed by atoms with van der Waals surface area (Å²) in [5.41, 5.74) is 2.71. The molecule has 0 saturated carbocycles. The maximum absolute atomic E-state index is 12.5. The summed E-state index contributed by atoms with van der Waals surface area (Å²) in [5, 5.41) is 5.55. The lowest BCUT2D eigenvalue weighted by atomic mass is 10.0. The van der Waals surface area contributed by atoms with Gasteiger partial charge < -0.3 is 5.32 Å². The summed E-state index contributed by atoms with van der Waals surface area (Å²) < 4.78 is 0. The molecule has 4 rings (SSSR count). The number of amides is 2. The van der Waals surface area contributed by atoms with E-state index in [4.69, 9.17) is 0 Å². The van der Waals surface area contributed by atoms with Crippen molar-refractivity contribution in [3.05, 3.63) is 83.4 Å². The quantitative estimate of drug-likeness (QED) is 0.523. The molecule has 6 nitrogen and oxygen atoms in total. The molecule has 2 aromatic carbocycles. The molecule has 1 atom stereocenters. The van der Waals surface area contributed by atoms with Crippen molar-refractivity contribution in [1.82, 2.24) is 15.2 Å². The number of para-hydroxylation sites is 1. The number of nitrogens with one attached hydrogen (secondary N) is 1. The molecule has 1 unspecified atom stereocenters. The van der Waals surface area contributed by atoms with Crippen LogP contribution in [0.1, 0.15) is 31.0 Å². The van der Waals surface area contributed by atoms with Crippen LogP contribution in [0.25, 0.3) is 6.08 Å². The number of nitrogens with zero attached hydrogens (tertiary/aromatic N) is 3. The smallest absolute Gasteiger partial charge is 0.244 e. The number of rotatable bonds is 7. The first kappa shape index (κ1) is 22.9. The van der Waals surface area contributed by atoms with Crippen LogP contribution in [-0.2, 0) is 16.1 Å². The Kier molecular flexibility index (Phi) is 7.65. The number of hydrogen-bond donors (Lipinski definition) is 1. The molecule has 3 aromatic rings. The van der Waals surface area contributed by atoms with E-state index >= 15 is 0 Å². The molecule has 1 N–H and O–H groups in total. The van der Waals surface area contributed by atoms with Crippen LogP contribution in [0.4, 0.5) is 10.8 Å². The minimum absolute atomic E-state index is 0.110. The number of aromatic nitrogens is 1. The Bertz CT molecular complexity index is 1100. The average molecular weight is 461 g/mol. The predicted octanol–water partition coefficient (Wildman–Crippen LogP) is 4.62. The molecular formula is C26H28N4O2S. The second-order valence-corrected chi connectivity index (χ2v) is 8.98. The first-order chi connectivity index (χ1) is 16.1. The van der Waals surface area contributed by atoms with Crippen molar-refractivity contribution >= 4 is 40.0 Å². The summed E-state index contributed by atoms with van der Waals surface area (Å²) in [4.78, 5) is 33.2. The Morgan fingerprint density at radius 1 is 1.15 bits per heavy atom. The molecular weight excluding hydrogens is 432 g/mol. The largest absolute Gasteiger partial charge is 0.349 e. The molecule has 0 radical (unpaired) electrons. The van der Waals surface area contributed by atoms with Crippen LogP contribution in [0.2, 0.25) is 0 Å². The molecule has 33 heavy (non-hydrogen) atoms. The third-order valence-corrected chi connectivity index (χ3v) is 6.38. The van der Waals surface area contributed by atoms with Gasteiger partial charge in [-0.05, 0) is 43.2 Å². The normalized spacial score (nSPS) is 16.6. The van der Waals surface area contributed by atoms with Gasteiger partial charge in [0.05, 0.1) is 11.4 Å². The summed E-state index contributed by atoms with van der Waals surface area (Å²) in [5.74, 6) is -0.233. The number of carbonyl (C=O) groups excluding carboxylic acids is 2. The van der Waals surface area contributed by atoms with Crippen molar-refractivity contribution in [2.24, 2.45) is 0 Å². The fourth-order valence-corrected chi connectivity index (χ4v) is 4.88. The second kappa shape index (κ2) is 11.0. The monoisotopic (exact) mass is 460 g/mol. The second-order valence-electron chi connectivity index (χ2n) is 8.15. The van der Waals surface area contributed by atoms with E-state index in [0.717, 1.165) is 38.2 Å². The Morgan fingerprint density at radius 3 is 2.61 bits per heavy atom. The number of carbonyl (C=O) groups is 2. The maximum Gasteiger partial charge on any atom is 0.244 e. The van der Waals surface area contributed by atoms with Gasteiger partial charge in [0.25, 0.3) is 0 Å². The van der Waals surface area contributed by atoms with Crippen LogP contribution in [0.15, 0.2) is 72.1 Å². The molecule has 0 aliphatic carbocycles. The van der Waals surface area contributed by atoms with E-state index in [1.165, 1.54) is 29.9 Å². The molecule has 0 bridgehead atoms. The average Bonchev–Trinajstić information content (AvgIpc) is 3.27. The lowest BCUT2D eigenvalue weighted by Crippen LogP contribution is -2.46. The third kappa shape index (κ3) is 6.37. The van der Waals surface area contributed by atoms with Crippen molar-refractivity contribution in [2.75, 3.05) is 18.0 Å². The zero-order chi connectivity index (χ0) is 23.0. The number of piperidine rings is 1. The van der Waals surface area contributed by atoms with Gasteiger partial charge in [0.2, 0.25) is 11.8 Å². The Labute approximate surface area is 198 Å². The Balaban J connectivity index is 1.33. The molecule has 7 heteroatoms. The van der Waals surface area contributed by atoms with Crippen molar-refractivity contribution in [1.29, 1.82) is 0 Å². The highest BCUT2D eigenvalue weighted by molar-refractivity contribution is 7.14. The van der Waals surface area contributed by atoms with Crippen molar-refractivity contribution in [3.8, 4) is 0 Å². The Hall–Kier alpha value is -3.29. The number of hydrogen-bond acceptors (Lipinski definition) is 5. The van der Waals surface area contributed by atoms with E-state index in [2.05, 4.69) is 39.5 Å². The van der Waals surface area contributed by atoms with E-state index in [9.17, 15) is 9.59 Å². The molecule has 1 saturated heterocycles. The molecule has 0 spiro atoms. The zero-order valence-corrected chi connectivity index (χ0v) is 19.5. The maximum atomic E-state index is 12.5. The summed E-state index contributed by atoms with van der Waals surface area (Å²) >= 11 is 1.37. The number of thiazole rings is 1. The van der Waals surface area contributed by atoms with E-state index < -0.39 is 0 Å². The SMILES string of the molecule is CC(=O)N(c1ccccc1)c1nc(C=CC(=O)NC2CCCN(Cc3ccccc3)C2)cs1. The minimum Gasteiger partial charge on any atom is -0.349 e. The van der Waals surface area contributed by atoms with Gasteiger partial charge >= 0.3 is 0 Å². The first-order valence-electron chi connectivity index (χ1n) is 11.1. The van der Waals surface area contributed by atoms with E-state index in [-0.39, 0.29) is 17.9 Å². The number of benzene rings is 2. The molecule has 1 aliphatic rings. The standard InChI is InChI=1S/C26H28N4O2S/c1-20(31)30(24-12-6-3-7-13-24)26-28-23(19-33-26)14-15-25(32)27-22-11-8-16-29(18-22)17-21-9-4-2-5-10-21/h2-7,9-10,12-15,19,22H,8,11,16-18H2,1H3,(H,27,32). The van der Waals surface area contributed by atoms with Gasteiger partial charge in [-0.3, -0.25) is 19.4 Å². The lowest BCUT2D eigenvalue weighted by molar-refractivity contribution is -0.117. The summed E-state index contributed by atoms with van der Waals surface area (Å²) in [6.45, 7) is 4.31. The van der Waals surface area contributed by atoms with Crippen LogP contribution in [-0.4, -0.2) is 40.8 Å². The third-order valence-electron chi connectivity index (χ3n) is 5.54. The highest BCUT2D eigenvalue weighted by Gasteiger charge is 2.21. The molecule has 1 fully saturated rings. The number of likely N-dealkylation sites (tertiary alicyclic amines) is 1. The van der Waals surface area contributed by atoms with Gasteiger partial charge in [-0.2, -0.15) is 0 Å². The summed E-state index contributed by atoms with van der Waals surface area (Å²) in [7, 11) is 0. The molecule has 170 valence electrons. The van der Waals surface area contributed by atoms with Gasteiger partial charge in [-0.1, -0.05) is 48.5 Å². The molecule has 1 aromatic heterocycles. The van der Waals surface area contributed by atoms with Crippen molar-refractivity contribution in [3.63, 3.8) is 0 Å². The molecule has 1 aliphatic heterocycles. The van der Waals surface area contributed by atoms with E-state index in [0.29, 0.717) is 10.8 Å². The molecule has 2 heterocycles. The predicted molar refractivity (Wildman–Crippen MR) is 133 cm³/mol. The fraction of sp³-hybridized carbons (Fsp3) is 0.269. The van der Waals surface area contributed by atoms with Crippen LogP contribution in [0.3, 0.4) is 0 Å². The van der Waals surface area contributed by atoms with Crippen molar-refractivity contribution in [2.45, 2.75) is 32.4 Å². The Morgan fingerprint density at radius 2 is 1.88 bits per heavy atom. The van der Waals surface area contributed by atoms with Crippen LogP contribution < -0.4 is 10.2 Å². The topological polar surface area (TPSA) is 65.5 Å². The van der Waals surface area contributed by atoms with E-state index in [1.807, 2.05) is 41.8 Å². The van der Waals surface area contributed by atoms with E-state index in [1.54, 1.807) is 11.0 Å². The van der Waals surface area contributed by atoms with Gasteiger partial charge in [-0.25, -0.2) is 4.98 Å². The van der Waals surface area contributed by atoms with Gasteiger partial charge in [0.15, 0.2) is 5.13 Å². The summed E-state index contributed by atoms with van der Waals surface area (Å²) in [6, 6.07) is 20.0. The van der Waals surface area contributed by atoms with Crippen molar-refractivity contribution < 1.29 is 9.59 Å².